The SMILES string of the molecule is CNC(CC1(OC)CCC1)c1ccc(Br)cc1. The molecule has 94 valence electrons. The Balaban J connectivity index is 2.08. The lowest BCUT2D eigenvalue weighted by molar-refractivity contribution is -0.0834. The molecule has 1 aliphatic rings. The van der Waals surface area contributed by atoms with Crippen LogP contribution in [0.4, 0.5) is 0 Å². The Morgan fingerprint density at radius 1 is 1.35 bits per heavy atom. The number of hydrogen-bond acceptors (Lipinski definition) is 2. The molecule has 1 aromatic rings. The van der Waals surface area contributed by atoms with Crippen LogP contribution in [0, 0.1) is 0 Å². The maximum atomic E-state index is 5.70. The minimum Gasteiger partial charge on any atom is -0.378 e. The van der Waals surface area contributed by atoms with Gasteiger partial charge in [0.15, 0.2) is 0 Å². The fourth-order valence-corrected chi connectivity index (χ4v) is 2.78. The average Bonchev–Trinajstić information content (AvgIpc) is 2.30. The Morgan fingerprint density at radius 2 is 2.00 bits per heavy atom. The highest BCUT2D eigenvalue weighted by Gasteiger charge is 2.38. The van der Waals surface area contributed by atoms with Crippen molar-refractivity contribution in [3.8, 4) is 0 Å². The molecule has 1 N–H and O–H groups in total. The predicted molar refractivity (Wildman–Crippen MR) is 74.2 cm³/mol. The van der Waals surface area contributed by atoms with Crippen LogP contribution in [0.25, 0.3) is 0 Å². The lowest BCUT2D eigenvalue weighted by Crippen LogP contribution is -2.42. The van der Waals surface area contributed by atoms with Crippen LogP contribution in [0.3, 0.4) is 0 Å². The lowest BCUT2D eigenvalue weighted by atomic mass is 9.74. The summed E-state index contributed by atoms with van der Waals surface area (Å²) in [4.78, 5) is 0. The molecule has 0 aliphatic heterocycles. The molecule has 1 saturated carbocycles. The highest BCUT2D eigenvalue weighted by molar-refractivity contribution is 9.10. The van der Waals surface area contributed by atoms with E-state index in [1.54, 1.807) is 0 Å². The van der Waals surface area contributed by atoms with Crippen LogP contribution in [0.5, 0.6) is 0 Å². The van der Waals surface area contributed by atoms with E-state index in [0.29, 0.717) is 6.04 Å². The summed E-state index contributed by atoms with van der Waals surface area (Å²) in [5.74, 6) is 0. The summed E-state index contributed by atoms with van der Waals surface area (Å²) in [5.41, 5.74) is 1.44. The zero-order valence-corrected chi connectivity index (χ0v) is 12.1. The molecular weight excluding hydrogens is 278 g/mol. The Labute approximate surface area is 112 Å². The number of nitrogens with one attached hydrogen (secondary N) is 1. The minimum absolute atomic E-state index is 0.112. The summed E-state index contributed by atoms with van der Waals surface area (Å²) in [6.07, 6.45) is 4.74. The van der Waals surface area contributed by atoms with E-state index in [-0.39, 0.29) is 5.60 Å². The smallest absolute Gasteiger partial charge is 0.0697 e. The summed E-state index contributed by atoms with van der Waals surface area (Å²) < 4.78 is 6.83. The van der Waals surface area contributed by atoms with Gasteiger partial charge in [0.25, 0.3) is 0 Å². The van der Waals surface area contributed by atoms with Gasteiger partial charge in [0, 0.05) is 17.6 Å². The quantitative estimate of drug-likeness (QED) is 0.895. The van der Waals surface area contributed by atoms with E-state index in [2.05, 4.69) is 45.5 Å². The van der Waals surface area contributed by atoms with E-state index in [1.807, 2.05) is 14.2 Å². The van der Waals surface area contributed by atoms with Gasteiger partial charge in [-0.3, -0.25) is 0 Å². The van der Waals surface area contributed by atoms with Crippen molar-refractivity contribution in [3.05, 3.63) is 34.3 Å². The first-order valence-corrected chi connectivity index (χ1v) is 6.96. The van der Waals surface area contributed by atoms with Crippen LogP contribution >= 0.6 is 15.9 Å². The van der Waals surface area contributed by atoms with Crippen molar-refractivity contribution in [2.24, 2.45) is 0 Å². The molecule has 0 aromatic heterocycles. The lowest BCUT2D eigenvalue weighted by Gasteiger charge is -2.42. The molecule has 0 heterocycles. The second kappa shape index (κ2) is 5.51. The topological polar surface area (TPSA) is 21.3 Å². The van der Waals surface area contributed by atoms with Crippen molar-refractivity contribution in [1.82, 2.24) is 5.32 Å². The summed E-state index contributed by atoms with van der Waals surface area (Å²) in [7, 11) is 3.86. The average molecular weight is 298 g/mol. The van der Waals surface area contributed by atoms with Gasteiger partial charge in [-0.2, -0.15) is 0 Å². The van der Waals surface area contributed by atoms with Crippen molar-refractivity contribution < 1.29 is 4.74 Å². The Kier molecular flexibility index (Phi) is 4.23. The summed E-state index contributed by atoms with van der Waals surface area (Å²) in [6.45, 7) is 0. The zero-order chi connectivity index (χ0) is 12.3. The van der Waals surface area contributed by atoms with Crippen molar-refractivity contribution >= 4 is 15.9 Å². The molecule has 2 nitrogen and oxygen atoms in total. The third-order valence-corrected chi connectivity index (χ3v) is 4.42. The first-order chi connectivity index (χ1) is 8.19. The molecule has 1 aromatic carbocycles. The molecule has 1 fully saturated rings. The van der Waals surface area contributed by atoms with Gasteiger partial charge in [0.2, 0.25) is 0 Å². The van der Waals surface area contributed by atoms with Gasteiger partial charge in [0.05, 0.1) is 5.60 Å². The van der Waals surface area contributed by atoms with Gasteiger partial charge in [-0.15, -0.1) is 0 Å². The van der Waals surface area contributed by atoms with E-state index in [1.165, 1.54) is 24.8 Å². The van der Waals surface area contributed by atoms with Crippen LogP contribution in [-0.4, -0.2) is 19.8 Å². The minimum atomic E-state index is 0.112. The number of methoxy groups -OCH3 is 1. The summed E-state index contributed by atoms with van der Waals surface area (Å²) in [5, 5.41) is 3.40. The van der Waals surface area contributed by atoms with Crippen LogP contribution in [0.1, 0.15) is 37.3 Å². The van der Waals surface area contributed by atoms with E-state index >= 15 is 0 Å². The van der Waals surface area contributed by atoms with Crippen molar-refractivity contribution in [3.63, 3.8) is 0 Å². The monoisotopic (exact) mass is 297 g/mol. The number of halogens is 1. The highest BCUT2D eigenvalue weighted by atomic mass is 79.9. The molecule has 1 atom stereocenters. The van der Waals surface area contributed by atoms with E-state index in [0.717, 1.165) is 10.9 Å². The number of rotatable bonds is 5. The number of benzene rings is 1. The third kappa shape index (κ3) is 2.90. The number of ether oxygens (including phenoxy) is 1. The first-order valence-electron chi connectivity index (χ1n) is 6.17. The predicted octanol–water partition coefficient (Wildman–Crippen LogP) is 3.67. The van der Waals surface area contributed by atoms with Crippen molar-refractivity contribution in [2.45, 2.75) is 37.3 Å². The highest BCUT2D eigenvalue weighted by Crippen LogP contribution is 2.41. The second-order valence-corrected chi connectivity index (χ2v) is 5.75. The Morgan fingerprint density at radius 3 is 2.41 bits per heavy atom. The molecule has 2 rings (SSSR count). The summed E-state index contributed by atoms with van der Waals surface area (Å²) in [6, 6.07) is 8.92. The standard InChI is InChI=1S/C14H20BrNO/c1-16-13(10-14(17-2)8-3-9-14)11-4-6-12(15)7-5-11/h4-7,13,16H,3,8-10H2,1-2H3. The maximum Gasteiger partial charge on any atom is 0.0697 e. The van der Waals surface area contributed by atoms with Crippen LogP contribution in [0.15, 0.2) is 28.7 Å². The van der Waals surface area contributed by atoms with Crippen LogP contribution in [-0.2, 0) is 4.74 Å². The molecule has 3 heteroatoms. The van der Waals surface area contributed by atoms with Gasteiger partial charge < -0.3 is 10.1 Å². The van der Waals surface area contributed by atoms with Crippen LogP contribution < -0.4 is 5.32 Å². The van der Waals surface area contributed by atoms with E-state index < -0.39 is 0 Å². The zero-order valence-electron chi connectivity index (χ0n) is 10.5. The third-order valence-electron chi connectivity index (χ3n) is 3.89. The maximum absolute atomic E-state index is 5.70. The Hall–Kier alpha value is -0.380. The second-order valence-electron chi connectivity index (χ2n) is 4.84. The van der Waals surface area contributed by atoms with Crippen molar-refractivity contribution in [2.75, 3.05) is 14.2 Å². The van der Waals surface area contributed by atoms with Crippen LogP contribution in [0.2, 0.25) is 0 Å². The molecule has 17 heavy (non-hydrogen) atoms. The molecule has 1 aliphatic carbocycles. The largest absolute Gasteiger partial charge is 0.378 e. The number of hydrogen-bond donors (Lipinski definition) is 1. The molecule has 0 bridgehead atoms. The van der Waals surface area contributed by atoms with Gasteiger partial charge in [0.1, 0.15) is 0 Å². The molecule has 0 radical (unpaired) electrons. The van der Waals surface area contributed by atoms with Crippen molar-refractivity contribution in [1.29, 1.82) is 0 Å². The van der Waals surface area contributed by atoms with E-state index in [4.69, 9.17) is 4.74 Å². The van der Waals surface area contributed by atoms with Gasteiger partial charge in [-0.1, -0.05) is 28.1 Å². The normalized spacial score (nSPS) is 19.7. The molecule has 0 amide bonds. The van der Waals surface area contributed by atoms with Gasteiger partial charge in [-0.25, -0.2) is 0 Å². The molecule has 0 spiro atoms. The first kappa shape index (κ1) is 13.1. The Bertz CT molecular complexity index is 353. The fraction of sp³-hybridized carbons (Fsp3) is 0.571. The molecular formula is C14H20BrNO. The van der Waals surface area contributed by atoms with Gasteiger partial charge >= 0.3 is 0 Å². The molecule has 0 saturated heterocycles. The summed E-state index contributed by atoms with van der Waals surface area (Å²) >= 11 is 3.47. The van der Waals surface area contributed by atoms with Gasteiger partial charge in [-0.05, 0) is 50.4 Å². The fourth-order valence-electron chi connectivity index (χ4n) is 2.52. The van der Waals surface area contributed by atoms with E-state index in [9.17, 15) is 0 Å². The molecule has 1 unspecified atom stereocenters.